The summed E-state index contributed by atoms with van der Waals surface area (Å²) in [6.45, 7) is 3.38. The van der Waals surface area contributed by atoms with Gasteiger partial charge in [0.05, 0.1) is 4.88 Å². The largest absolute Gasteiger partial charge is 0.480 e. The summed E-state index contributed by atoms with van der Waals surface area (Å²) in [6.07, 6.45) is 2.01. The minimum atomic E-state index is -1.04. The Labute approximate surface area is 115 Å². The van der Waals surface area contributed by atoms with Gasteiger partial charge in [0.2, 0.25) is 0 Å². The maximum atomic E-state index is 11.9. The van der Waals surface area contributed by atoms with Crippen LogP contribution >= 0.6 is 11.3 Å². The molecular formula is C13H17NO4S. The van der Waals surface area contributed by atoms with Crippen LogP contribution in [0.3, 0.4) is 0 Å². The summed E-state index contributed by atoms with van der Waals surface area (Å²) in [5, 5.41) is 13.1. The smallest absolute Gasteiger partial charge is 0.326 e. The zero-order valence-electron chi connectivity index (χ0n) is 10.9. The van der Waals surface area contributed by atoms with Gasteiger partial charge in [0.15, 0.2) is 5.78 Å². The lowest BCUT2D eigenvalue weighted by Gasteiger charge is -2.13. The Hall–Kier alpha value is -1.69. The molecule has 0 saturated heterocycles. The van der Waals surface area contributed by atoms with Crippen LogP contribution in [0.5, 0.6) is 0 Å². The fourth-order valence-electron chi connectivity index (χ4n) is 1.53. The minimum Gasteiger partial charge on any atom is -0.480 e. The number of unbranched alkanes of at least 4 members (excludes halogenated alkanes) is 1. The number of carbonyl (C=O) groups is 3. The van der Waals surface area contributed by atoms with Crippen LogP contribution in [-0.4, -0.2) is 28.8 Å². The second-order valence-corrected chi connectivity index (χ2v) is 5.17. The maximum Gasteiger partial charge on any atom is 0.326 e. The van der Waals surface area contributed by atoms with Crippen LogP contribution < -0.4 is 5.32 Å². The van der Waals surface area contributed by atoms with Gasteiger partial charge in [0.25, 0.3) is 5.91 Å². The minimum absolute atomic E-state index is 0.115. The van der Waals surface area contributed by atoms with Crippen molar-refractivity contribution in [1.29, 1.82) is 0 Å². The van der Waals surface area contributed by atoms with E-state index in [0.717, 1.165) is 24.2 Å². The Morgan fingerprint density at radius 1 is 1.42 bits per heavy atom. The molecule has 0 bridgehead atoms. The van der Waals surface area contributed by atoms with E-state index < -0.39 is 17.9 Å². The normalized spacial score (nSPS) is 11.9. The van der Waals surface area contributed by atoms with E-state index in [1.807, 2.05) is 6.92 Å². The molecule has 1 aromatic rings. The van der Waals surface area contributed by atoms with Gasteiger partial charge < -0.3 is 10.4 Å². The highest BCUT2D eigenvalue weighted by atomic mass is 32.1. The molecule has 1 amide bonds. The number of nitrogens with one attached hydrogen (secondary N) is 1. The Kier molecular flexibility index (Phi) is 5.69. The third-order valence-corrected chi connectivity index (χ3v) is 3.61. The molecule has 104 valence electrons. The van der Waals surface area contributed by atoms with E-state index in [-0.39, 0.29) is 5.78 Å². The van der Waals surface area contributed by atoms with Crippen LogP contribution in [0.4, 0.5) is 0 Å². The first kappa shape index (κ1) is 15.4. The molecule has 0 aliphatic carbocycles. The van der Waals surface area contributed by atoms with E-state index in [9.17, 15) is 14.4 Å². The fraction of sp³-hybridized carbons (Fsp3) is 0.462. The number of ketones is 1. The molecule has 0 aromatic carbocycles. The number of amides is 1. The molecule has 19 heavy (non-hydrogen) atoms. The van der Waals surface area contributed by atoms with Crippen molar-refractivity contribution in [2.24, 2.45) is 0 Å². The first-order valence-corrected chi connectivity index (χ1v) is 6.96. The van der Waals surface area contributed by atoms with Gasteiger partial charge in [-0.25, -0.2) is 4.79 Å². The summed E-state index contributed by atoms with van der Waals surface area (Å²) in [6, 6.07) is 0.608. The highest BCUT2D eigenvalue weighted by Gasteiger charge is 2.21. The molecule has 0 aliphatic heterocycles. The lowest BCUT2D eigenvalue weighted by Crippen LogP contribution is -2.40. The number of carbonyl (C=O) groups excluding carboxylic acids is 2. The molecule has 1 aromatic heterocycles. The molecule has 5 nitrogen and oxygen atoms in total. The summed E-state index contributed by atoms with van der Waals surface area (Å²) in [7, 11) is 0. The SMILES string of the molecule is CCCCC(NC(=O)c1cc(C(C)=O)cs1)C(=O)O. The average Bonchev–Trinajstić information content (AvgIpc) is 2.83. The van der Waals surface area contributed by atoms with Gasteiger partial charge in [-0.1, -0.05) is 19.8 Å². The van der Waals surface area contributed by atoms with E-state index in [4.69, 9.17) is 5.11 Å². The Balaban J connectivity index is 2.70. The molecule has 1 atom stereocenters. The van der Waals surface area contributed by atoms with Crippen molar-refractivity contribution in [3.8, 4) is 0 Å². The number of hydrogen-bond acceptors (Lipinski definition) is 4. The standard InChI is InChI=1S/C13H17NO4S/c1-3-4-5-10(13(17)18)14-12(16)11-6-9(7-19-11)8(2)15/h6-7,10H,3-5H2,1-2H3,(H,14,16)(H,17,18). The number of Topliss-reactive ketones (excluding diaryl/α,β-unsaturated/α-hetero) is 1. The van der Waals surface area contributed by atoms with Gasteiger partial charge in [-0.2, -0.15) is 0 Å². The predicted molar refractivity (Wildman–Crippen MR) is 72.7 cm³/mol. The second kappa shape index (κ2) is 7.04. The van der Waals surface area contributed by atoms with Gasteiger partial charge >= 0.3 is 5.97 Å². The van der Waals surface area contributed by atoms with Gasteiger partial charge in [-0.15, -0.1) is 11.3 Å². The number of carboxylic acids is 1. The maximum absolute atomic E-state index is 11.9. The Morgan fingerprint density at radius 2 is 2.11 bits per heavy atom. The van der Waals surface area contributed by atoms with Crippen LogP contribution in [-0.2, 0) is 4.79 Å². The van der Waals surface area contributed by atoms with Gasteiger partial charge in [0, 0.05) is 10.9 Å². The number of rotatable bonds is 7. The molecule has 2 N–H and O–H groups in total. The van der Waals surface area contributed by atoms with Crippen molar-refractivity contribution < 1.29 is 19.5 Å². The number of thiophene rings is 1. The van der Waals surface area contributed by atoms with E-state index in [0.29, 0.717) is 16.9 Å². The lowest BCUT2D eigenvalue weighted by molar-refractivity contribution is -0.139. The summed E-state index contributed by atoms with van der Waals surface area (Å²) < 4.78 is 0. The van der Waals surface area contributed by atoms with Crippen LogP contribution in [0.25, 0.3) is 0 Å². The van der Waals surface area contributed by atoms with Crippen LogP contribution in [0.15, 0.2) is 11.4 Å². The molecule has 6 heteroatoms. The van der Waals surface area contributed by atoms with Crippen LogP contribution in [0.2, 0.25) is 0 Å². The van der Waals surface area contributed by atoms with E-state index >= 15 is 0 Å². The molecule has 1 heterocycles. The Morgan fingerprint density at radius 3 is 2.58 bits per heavy atom. The molecule has 0 fully saturated rings. The Bertz CT molecular complexity index is 481. The van der Waals surface area contributed by atoms with Gasteiger partial charge in [-0.3, -0.25) is 9.59 Å². The van der Waals surface area contributed by atoms with E-state index in [2.05, 4.69) is 5.32 Å². The second-order valence-electron chi connectivity index (χ2n) is 4.26. The summed E-state index contributed by atoms with van der Waals surface area (Å²) in [4.78, 5) is 34.4. The molecule has 0 spiro atoms. The molecule has 0 aliphatic rings. The van der Waals surface area contributed by atoms with Crippen molar-refractivity contribution in [3.05, 3.63) is 21.9 Å². The summed E-state index contributed by atoms with van der Waals surface area (Å²) >= 11 is 1.14. The number of hydrogen-bond donors (Lipinski definition) is 2. The highest BCUT2D eigenvalue weighted by Crippen LogP contribution is 2.15. The van der Waals surface area contributed by atoms with Crippen molar-refractivity contribution in [2.45, 2.75) is 39.2 Å². The van der Waals surface area contributed by atoms with Crippen molar-refractivity contribution >= 4 is 29.0 Å². The van der Waals surface area contributed by atoms with Gasteiger partial charge in [0.1, 0.15) is 6.04 Å². The van der Waals surface area contributed by atoms with Crippen LogP contribution in [0, 0.1) is 0 Å². The number of carboxylic acid groups (broad SMARTS) is 1. The van der Waals surface area contributed by atoms with E-state index in [1.165, 1.54) is 13.0 Å². The predicted octanol–water partition coefficient (Wildman–Crippen LogP) is 2.32. The molecule has 1 unspecified atom stereocenters. The van der Waals surface area contributed by atoms with Gasteiger partial charge in [-0.05, 0) is 19.4 Å². The topological polar surface area (TPSA) is 83.5 Å². The first-order valence-electron chi connectivity index (χ1n) is 6.08. The van der Waals surface area contributed by atoms with E-state index in [1.54, 1.807) is 5.38 Å². The summed E-state index contributed by atoms with van der Waals surface area (Å²) in [5.41, 5.74) is 0.468. The lowest BCUT2D eigenvalue weighted by atomic mass is 10.1. The third kappa shape index (κ3) is 4.48. The van der Waals surface area contributed by atoms with Crippen LogP contribution in [0.1, 0.15) is 53.1 Å². The molecule has 0 saturated carbocycles. The first-order chi connectivity index (χ1) is 8.95. The summed E-state index contributed by atoms with van der Waals surface area (Å²) in [5.74, 6) is -1.60. The number of aliphatic carboxylic acids is 1. The van der Waals surface area contributed by atoms with Crippen molar-refractivity contribution in [3.63, 3.8) is 0 Å². The zero-order chi connectivity index (χ0) is 14.4. The highest BCUT2D eigenvalue weighted by molar-refractivity contribution is 7.12. The third-order valence-electron chi connectivity index (χ3n) is 2.68. The monoisotopic (exact) mass is 283 g/mol. The van der Waals surface area contributed by atoms with Crippen molar-refractivity contribution in [1.82, 2.24) is 5.32 Å². The molecule has 1 rings (SSSR count). The molecular weight excluding hydrogens is 266 g/mol. The molecule has 0 radical (unpaired) electrons. The zero-order valence-corrected chi connectivity index (χ0v) is 11.8. The average molecular weight is 283 g/mol. The van der Waals surface area contributed by atoms with Crippen molar-refractivity contribution in [2.75, 3.05) is 0 Å². The fourth-order valence-corrected chi connectivity index (χ4v) is 2.38. The quantitative estimate of drug-likeness (QED) is 0.752.